The highest BCUT2D eigenvalue weighted by Gasteiger charge is 2.74. The van der Waals surface area contributed by atoms with Gasteiger partial charge >= 0.3 is 0 Å². The van der Waals surface area contributed by atoms with E-state index in [1.54, 1.807) is 0 Å². The van der Waals surface area contributed by atoms with Gasteiger partial charge in [-0.05, 0) is 124 Å². The van der Waals surface area contributed by atoms with Gasteiger partial charge in [0.25, 0.3) is 0 Å². The third kappa shape index (κ3) is 10.5. The second-order valence-electron chi connectivity index (χ2n) is 25.4. The van der Waals surface area contributed by atoms with Crippen LogP contribution in [-0.2, 0) is 37.9 Å². The first kappa shape index (κ1) is 60.0. The molecule has 0 amide bonds. The molecule has 0 spiro atoms. The predicted molar refractivity (Wildman–Crippen MR) is 260 cm³/mol. The van der Waals surface area contributed by atoms with Crippen LogP contribution in [0.2, 0.25) is 0 Å². The van der Waals surface area contributed by atoms with E-state index in [0.29, 0.717) is 51.4 Å². The molecule has 434 valence electrons. The monoisotopic (exact) mass is 1080 g/mol. The van der Waals surface area contributed by atoms with Crippen LogP contribution in [0.4, 0.5) is 0 Å². The van der Waals surface area contributed by atoms with Crippen molar-refractivity contribution in [2.24, 2.45) is 45.3 Å². The quantitative estimate of drug-likeness (QED) is 0.0691. The molecule has 4 saturated carbocycles. The second kappa shape index (κ2) is 22.3. The fourth-order valence-corrected chi connectivity index (χ4v) is 16.0. The lowest BCUT2D eigenvalue weighted by Gasteiger charge is -2.72. The fourth-order valence-electron chi connectivity index (χ4n) is 16.0. The van der Waals surface area contributed by atoms with Gasteiger partial charge in [0.2, 0.25) is 0 Å². The fraction of sp³-hybridized carbons (Fsp3) is 0.962. The highest BCUT2D eigenvalue weighted by atomic mass is 16.8. The number of ether oxygens (including phenoxy) is 8. The van der Waals surface area contributed by atoms with Gasteiger partial charge in [0, 0.05) is 0 Å². The van der Waals surface area contributed by atoms with Gasteiger partial charge in [0.15, 0.2) is 25.2 Å². The number of fused-ring (bicyclic) bond motifs is 5. The van der Waals surface area contributed by atoms with E-state index in [1.165, 1.54) is 6.92 Å². The summed E-state index contributed by atoms with van der Waals surface area (Å²) in [5.41, 5.74) is -2.78. The maximum absolute atomic E-state index is 12.9. The van der Waals surface area contributed by atoms with Gasteiger partial charge in [-0.25, -0.2) is 0 Å². The summed E-state index contributed by atoms with van der Waals surface area (Å²) in [6.45, 7) is 16.4. The first-order chi connectivity index (χ1) is 35.0. The minimum absolute atomic E-state index is 0.136. The van der Waals surface area contributed by atoms with Crippen molar-refractivity contribution in [2.45, 2.75) is 254 Å². The normalized spacial score (nSPS) is 53.7. The van der Waals surface area contributed by atoms with Crippen LogP contribution in [0.5, 0.6) is 0 Å². The molecule has 0 bridgehead atoms. The number of aliphatic hydroxyl groups excluding tert-OH is 14. The highest BCUT2D eigenvalue weighted by molar-refractivity contribution is 5.22. The maximum atomic E-state index is 12.9. The molecule has 75 heavy (non-hydrogen) atoms. The second-order valence-corrected chi connectivity index (χ2v) is 25.4. The van der Waals surface area contributed by atoms with Crippen LogP contribution in [0.3, 0.4) is 0 Å². The van der Waals surface area contributed by atoms with Gasteiger partial charge in [-0.3, -0.25) is 0 Å². The molecule has 22 nitrogen and oxygen atoms in total. The van der Waals surface area contributed by atoms with Crippen LogP contribution < -0.4 is 0 Å². The summed E-state index contributed by atoms with van der Waals surface area (Å²) in [6, 6.07) is 0. The van der Waals surface area contributed by atoms with E-state index in [4.69, 9.17) is 37.9 Å². The van der Waals surface area contributed by atoms with Crippen molar-refractivity contribution >= 4 is 0 Å². The molecule has 4 saturated heterocycles. The minimum Gasteiger partial charge on any atom is -0.394 e. The largest absolute Gasteiger partial charge is 0.394 e. The molecule has 8 fully saturated rings. The average molecular weight is 1080 g/mol. The number of aliphatic hydroxyl groups is 14. The van der Waals surface area contributed by atoms with Crippen molar-refractivity contribution in [3.63, 3.8) is 0 Å². The van der Waals surface area contributed by atoms with Crippen LogP contribution in [0.15, 0.2) is 11.6 Å². The summed E-state index contributed by atoms with van der Waals surface area (Å²) < 4.78 is 49.7. The minimum atomic E-state index is -1.77. The van der Waals surface area contributed by atoms with Crippen LogP contribution in [-0.4, -0.2) is 232 Å². The smallest absolute Gasteiger partial charge is 0.187 e. The maximum Gasteiger partial charge on any atom is 0.187 e. The zero-order valence-electron chi connectivity index (χ0n) is 44.9. The number of rotatable bonds is 14. The van der Waals surface area contributed by atoms with Gasteiger partial charge in [-0.2, -0.15) is 0 Å². The molecule has 22 heteroatoms. The molecule has 4 heterocycles. The van der Waals surface area contributed by atoms with E-state index in [0.717, 1.165) is 5.57 Å². The Labute approximate surface area is 439 Å². The highest BCUT2D eigenvalue weighted by Crippen LogP contribution is 2.76. The van der Waals surface area contributed by atoms with Crippen molar-refractivity contribution in [1.29, 1.82) is 0 Å². The SMILES string of the molecule is CC(C)=CCC[C@](C)(O[C@@H]1O[C@H](CO[C@@H]2OC[C@H](O)[C@H](O)[C@H]2O)[C@@H](O)[C@H](O)[C@H]1O)[C@@H]1CC[C@]2(C)[C@@H]1[C@H](O)C[C@@H]1[C@@]3(C)CC[C@H](O)C(C)(C)[C@@H]3[C@@H](O[C@@H]3O[C@H](CO)[C@@H](O)[C@H](O)[C@H]3O[C@@H]3O[C@@H](C)[C@H](O)[C@@H](O)[C@H]3O)C[C@]12C. The molecular weight excluding hydrogens is 989 g/mol. The van der Waals surface area contributed by atoms with E-state index < -0.39 is 187 Å². The lowest BCUT2D eigenvalue weighted by molar-refractivity contribution is -0.382. The first-order valence-corrected chi connectivity index (χ1v) is 27.2. The topological polar surface area (TPSA) is 357 Å². The Hall–Kier alpha value is -1.14. The van der Waals surface area contributed by atoms with Crippen molar-refractivity contribution < 1.29 is 109 Å². The number of hydrogen-bond donors (Lipinski definition) is 14. The first-order valence-electron chi connectivity index (χ1n) is 27.2. The van der Waals surface area contributed by atoms with Gasteiger partial charge < -0.3 is 109 Å². The predicted octanol–water partition coefficient (Wildman–Crippen LogP) is -1.57. The summed E-state index contributed by atoms with van der Waals surface area (Å²) in [4.78, 5) is 0. The number of allylic oxidation sites excluding steroid dienone is 2. The summed E-state index contributed by atoms with van der Waals surface area (Å²) in [5.74, 6) is -1.37. The van der Waals surface area contributed by atoms with Gasteiger partial charge in [0.1, 0.15) is 85.5 Å². The Morgan fingerprint density at radius 1 is 0.653 bits per heavy atom. The molecule has 0 aromatic rings. The van der Waals surface area contributed by atoms with Crippen molar-refractivity contribution in [1.82, 2.24) is 0 Å². The van der Waals surface area contributed by atoms with Gasteiger partial charge in [-0.1, -0.05) is 46.3 Å². The van der Waals surface area contributed by atoms with E-state index in [2.05, 4.69) is 26.8 Å². The van der Waals surface area contributed by atoms with Crippen molar-refractivity contribution in [3.05, 3.63) is 11.6 Å². The van der Waals surface area contributed by atoms with Crippen LogP contribution in [0.1, 0.15) is 114 Å². The third-order valence-electron chi connectivity index (χ3n) is 20.4. The van der Waals surface area contributed by atoms with Crippen LogP contribution in [0, 0.1) is 45.3 Å². The Morgan fingerprint density at radius 3 is 1.95 bits per heavy atom. The van der Waals surface area contributed by atoms with E-state index in [9.17, 15) is 71.5 Å². The van der Waals surface area contributed by atoms with Crippen LogP contribution >= 0.6 is 0 Å². The lowest BCUT2D eigenvalue weighted by atomic mass is 9.34. The molecule has 8 aliphatic rings. The lowest BCUT2D eigenvalue weighted by Crippen LogP contribution is -2.71. The Bertz CT molecular complexity index is 1960. The zero-order valence-corrected chi connectivity index (χ0v) is 44.9. The molecule has 0 radical (unpaired) electrons. The molecule has 14 N–H and O–H groups in total. The molecule has 0 aromatic heterocycles. The molecule has 0 aromatic carbocycles. The van der Waals surface area contributed by atoms with Crippen LogP contribution in [0.25, 0.3) is 0 Å². The standard InChI is InChI=1S/C53H90O22/c1-22(2)11-10-14-53(9,75-47-42(67)38(63)36(61)29(73-47)21-69-45-40(65)34(59)26(56)20-68-45)24-12-16-51(7)32(24)25(55)17-30-50(6)15-13-31(57)49(4,5)44(50)27(18-52(30,51)8)71-48-43(39(64)35(60)28(19-54)72-48)74-46-41(66)37(62)33(58)23(3)70-46/h11,23-48,54-67H,10,12-21H2,1-9H3/t23-,24+,25+,26-,27-,28+,29+,30+,31-,32-,33-,34-,35+,36+,37+,38-,39-,40+,41+,42+,43+,44-,45-,46-,47-,48+,50+,51+,52+,53-/m0/s1. The zero-order chi connectivity index (χ0) is 55.2. The summed E-state index contributed by atoms with van der Waals surface area (Å²) >= 11 is 0. The van der Waals surface area contributed by atoms with E-state index in [1.807, 2.05) is 34.6 Å². The van der Waals surface area contributed by atoms with Gasteiger partial charge in [0.05, 0.1) is 49.8 Å². The molecule has 8 rings (SSSR count). The molecule has 4 aliphatic carbocycles. The molecule has 4 aliphatic heterocycles. The van der Waals surface area contributed by atoms with E-state index in [-0.39, 0.29) is 18.4 Å². The van der Waals surface area contributed by atoms with Crippen molar-refractivity contribution in [2.75, 3.05) is 19.8 Å². The van der Waals surface area contributed by atoms with Gasteiger partial charge in [-0.15, -0.1) is 0 Å². The third-order valence-corrected chi connectivity index (χ3v) is 20.4. The molecule has 30 atom stereocenters. The average Bonchev–Trinajstić information content (AvgIpc) is 3.75. The Kier molecular flexibility index (Phi) is 17.8. The Balaban J connectivity index is 1.12. The Morgan fingerprint density at radius 2 is 1.28 bits per heavy atom. The summed E-state index contributed by atoms with van der Waals surface area (Å²) in [6.07, 6.45) is -25.7. The molecular formula is C53H90O22. The van der Waals surface area contributed by atoms with Crippen molar-refractivity contribution in [3.8, 4) is 0 Å². The molecule has 0 unspecified atom stereocenters. The van der Waals surface area contributed by atoms with E-state index >= 15 is 0 Å². The summed E-state index contributed by atoms with van der Waals surface area (Å²) in [5, 5.41) is 155. The number of hydrogen-bond acceptors (Lipinski definition) is 22. The summed E-state index contributed by atoms with van der Waals surface area (Å²) in [7, 11) is 0.